The van der Waals surface area contributed by atoms with Crippen LogP contribution in [-0.4, -0.2) is 41.9 Å². The maximum Gasteiger partial charge on any atom is 0.240 e. The Balaban J connectivity index is 2.17. The Morgan fingerprint density at radius 1 is 1.28 bits per heavy atom. The Kier molecular flexibility index (Phi) is 4.05. The third-order valence-electron chi connectivity index (χ3n) is 2.42. The fourth-order valence-electron chi connectivity index (χ4n) is 1.55. The first kappa shape index (κ1) is 13.1. The van der Waals surface area contributed by atoms with Gasteiger partial charge in [0.2, 0.25) is 10.0 Å². The van der Waals surface area contributed by atoms with Crippen LogP contribution in [0, 0.1) is 0 Å². The molecule has 1 aromatic carbocycles. The van der Waals surface area contributed by atoms with E-state index in [1.807, 2.05) is 0 Å². The number of hydrogen-bond donors (Lipinski definition) is 1. The van der Waals surface area contributed by atoms with Crippen LogP contribution in [-0.2, 0) is 14.8 Å². The fourth-order valence-corrected chi connectivity index (χ4v) is 2.58. The Morgan fingerprint density at radius 2 is 2.00 bits per heavy atom. The van der Waals surface area contributed by atoms with Crippen LogP contribution in [0.1, 0.15) is 0 Å². The van der Waals surface area contributed by atoms with E-state index in [0.717, 1.165) is 0 Å². The summed E-state index contributed by atoms with van der Waals surface area (Å²) in [7, 11) is -2.02. The zero-order chi connectivity index (χ0) is 13.0. The second-order valence-electron chi connectivity index (χ2n) is 3.70. The summed E-state index contributed by atoms with van der Waals surface area (Å²) in [4.78, 5) is 0.155. The van der Waals surface area contributed by atoms with Crippen molar-refractivity contribution in [2.75, 3.05) is 33.5 Å². The van der Waals surface area contributed by atoms with Gasteiger partial charge in [-0.25, -0.2) is 13.1 Å². The van der Waals surface area contributed by atoms with Crippen molar-refractivity contribution in [2.45, 2.75) is 4.90 Å². The van der Waals surface area contributed by atoms with Crippen LogP contribution in [0.2, 0.25) is 0 Å². The zero-order valence-electron chi connectivity index (χ0n) is 10.0. The molecule has 7 heteroatoms. The number of rotatable bonds is 5. The normalized spacial score (nSPS) is 14.5. The van der Waals surface area contributed by atoms with Crippen molar-refractivity contribution in [2.24, 2.45) is 0 Å². The van der Waals surface area contributed by atoms with Crippen molar-refractivity contribution in [3.8, 4) is 11.5 Å². The van der Waals surface area contributed by atoms with E-state index in [9.17, 15) is 8.42 Å². The number of nitrogens with one attached hydrogen (secondary N) is 1. The lowest BCUT2D eigenvalue weighted by molar-refractivity contribution is 0.171. The summed E-state index contributed by atoms with van der Waals surface area (Å²) in [6.45, 7) is 1.45. The van der Waals surface area contributed by atoms with Crippen LogP contribution in [0.15, 0.2) is 23.1 Å². The predicted octanol–water partition coefficient (Wildman–Crippen LogP) is 0.382. The van der Waals surface area contributed by atoms with E-state index in [0.29, 0.717) is 31.3 Å². The van der Waals surface area contributed by atoms with Crippen LogP contribution in [0.4, 0.5) is 0 Å². The molecule has 0 aromatic heterocycles. The maximum absolute atomic E-state index is 11.9. The molecule has 1 aliphatic rings. The van der Waals surface area contributed by atoms with Crippen LogP contribution in [0.3, 0.4) is 0 Å². The Morgan fingerprint density at radius 3 is 2.72 bits per heavy atom. The summed E-state index contributed by atoms with van der Waals surface area (Å²) < 4.78 is 41.8. The molecule has 1 N–H and O–H groups in total. The van der Waals surface area contributed by atoms with Gasteiger partial charge in [-0.15, -0.1) is 0 Å². The molecule has 0 radical (unpaired) electrons. The van der Waals surface area contributed by atoms with Gasteiger partial charge in [-0.3, -0.25) is 0 Å². The maximum atomic E-state index is 11.9. The molecular formula is C11H15NO5S. The molecule has 0 amide bonds. The van der Waals surface area contributed by atoms with E-state index in [-0.39, 0.29) is 11.4 Å². The van der Waals surface area contributed by atoms with E-state index >= 15 is 0 Å². The van der Waals surface area contributed by atoms with Crippen molar-refractivity contribution < 1.29 is 22.6 Å². The third-order valence-corrected chi connectivity index (χ3v) is 3.88. The topological polar surface area (TPSA) is 73.9 Å². The van der Waals surface area contributed by atoms with E-state index in [1.165, 1.54) is 19.2 Å². The highest BCUT2D eigenvalue weighted by Crippen LogP contribution is 2.31. The number of sulfonamides is 1. The van der Waals surface area contributed by atoms with Crippen molar-refractivity contribution in [1.29, 1.82) is 0 Å². The predicted molar refractivity (Wildman–Crippen MR) is 64.5 cm³/mol. The first-order valence-electron chi connectivity index (χ1n) is 5.52. The summed E-state index contributed by atoms with van der Waals surface area (Å²) in [5, 5.41) is 0. The molecule has 6 nitrogen and oxygen atoms in total. The Labute approximate surface area is 106 Å². The third kappa shape index (κ3) is 2.92. The second-order valence-corrected chi connectivity index (χ2v) is 5.46. The van der Waals surface area contributed by atoms with Gasteiger partial charge in [-0.1, -0.05) is 0 Å². The highest BCUT2D eigenvalue weighted by molar-refractivity contribution is 7.89. The van der Waals surface area contributed by atoms with E-state index in [2.05, 4.69) is 4.72 Å². The Hall–Kier alpha value is -1.31. The molecule has 1 heterocycles. The number of ether oxygens (including phenoxy) is 3. The van der Waals surface area contributed by atoms with Gasteiger partial charge in [0.05, 0.1) is 11.5 Å². The molecule has 0 spiro atoms. The molecule has 1 aliphatic heterocycles. The van der Waals surface area contributed by atoms with Crippen LogP contribution >= 0.6 is 0 Å². The summed E-state index contributed by atoms with van der Waals surface area (Å²) >= 11 is 0. The first-order valence-corrected chi connectivity index (χ1v) is 7.00. The van der Waals surface area contributed by atoms with E-state index < -0.39 is 10.0 Å². The molecule has 0 aliphatic carbocycles. The van der Waals surface area contributed by atoms with Gasteiger partial charge in [0.25, 0.3) is 0 Å². The zero-order valence-corrected chi connectivity index (χ0v) is 10.8. The van der Waals surface area contributed by atoms with Gasteiger partial charge < -0.3 is 14.2 Å². The molecule has 0 atom stereocenters. The van der Waals surface area contributed by atoms with Gasteiger partial charge >= 0.3 is 0 Å². The van der Waals surface area contributed by atoms with Gasteiger partial charge in [-0.05, 0) is 12.1 Å². The minimum Gasteiger partial charge on any atom is -0.486 e. The number of methoxy groups -OCH3 is 1. The minimum atomic E-state index is -3.53. The summed E-state index contributed by atoms with van der Waals surface area (Å²) in [6, 6.07) is 4.55. The average molecular weight is 273 g/mol. The van der Waals surface area contributed by atoms with Crippen molar-refractivity contribution >= 4 is 10.0 Å². The SMILES string of the molecule is COCCNS(=O)(=O)c1ccc2c(c1)OCCO2. The average Bonchev–Trinajstić information content (AvgIpc) is 2.38. The van der Waals surface area contributed by atoms with Gasteiger partial charge in [0.1, 0.15) is 13.2 Å². The smallest absolute Gasteiger partial charge is 0.240 e. The summed E-state index contributed by atoms with van der Waals surface area (Å²) in [6.07, 6.45) is 0. The number of benzene rings is 1. The highest BCUT2D eigenvalue weighted by Gasteiger charge is 2.18. The Bertz CT molecular complexity index is 514. The summed E-state index contributed by atoms with van der Waals surface area (Å²) in [5.41, 5.74) is 0. The molecule has 0 fully saturated rings. The quantitative estimate of drug-likeness (QED) is 0.785. The van der Waals surface area contributed by atoms with E-state index in [1.54, 1.807) is 6.07 Å². The molecule has 1 aromatic rings. The fraction of sp³-hybridized carbons (Fsp3) is 0.455. The lowest BCUT2D eigenvalue weighted by Crippen LogP contribution is -2.27. The molecule has 0 unspecified atom stereocenters. The molecule has 18 heavy (non-hydrogen) atoms. The molecule has 2 rings (SSSR count). The number of hydrogen-bond acceptors (Lipinski definition) is 5. The molecule has 0 bridgehead atoms. The highest BCUT2D eigenvalue weighted by atomic mass is 32.2. The minimum absolute atomic E-state index is 0.155. The van der Waals surface area contributed by atoms with Crippen molar-refractivity contribution in [1.82, 2.24) is 4.72 Å². The summed E-state index contributed by atoms with van der Waals surface area (Å²) in [5.74, 6) is 1.02. The van der Waals surface area contributed by atoms with E-state index in [4.69, 9.17) is 14.2 Å². The van der Waals surface area contributed by atoms with Crippen molar-refractivity contribution in [3.05, 3.63) is 18.2 Å². The van der Waals surface area contributed by atoms with Crippen LogP contribution < -0.4 is 14.2 Å². The molecule has 0 saturated heterocycles. The van der Waals surface area contributed by atoms with Crippen molar-refractivity contribution in [3.63, 3.8) is 0 Å². The van der Waals surface area contributed by atoms with Crippen LogP contribution in [0.5, 0.6) is 11.5 Å². The van der Waals surface area contributed by atoms with Gasteiger partial charge in [0.15, 0.2) is 11.5 Å². The second kappa shape index (κ2) is 5.55. The van der Waals surface area contributed by atoms with Crippen LogP contribution in [0.25, 0.3) is 0 Å². The van der Waals surface area contributed by atoms with Gasteiger partial charge in [0, 0.05) is 19.7 Å². The lowest BCUT2D eigenvalue weighted by Gasteiger charge is -2.18. The standard InChI is InChI=1S/C11H15NO5S/c1-15-5-4-12-18(13,14)9-2-3-10-11(8-9)17-7-6-16-10/h2-3,8,12H,4-7H2,1H3. The number of fused-ring (bicyclic) bond motifs is 1. The molecular weight excluding hydrogens is 258 g/mol. The first-order chi connectivity index (χ1) is 8.63. The molecule has 100 valence electrons. The monoisotopic (exact) mass is 273 g/mol. The lowest BCUT2D eigenvalue weighted by atomic mass is 10.3. The largest absolute Gasteiger partial charge is 0.486 e. The van der Waals surface area contributed by atoms with Gasteiger partial charge in [-0.2, -0.15) is 0 Å². The molecule has 0 saturated carbocycles.